The number of methoxy groups -OCH3 is 2. The number of carbonyl (C=O) groups is 1. The van der Waals surface area contributed by atoms with E-state index in [0.29, 0.717) is 25.9 Å². The largest absolute Gasteiger partial charge is 0.409 e. The summed E-state index contributed by atoms with van der Waals surface area (Å²) in [4.78, 5) is 14.5. The van der Waals surface area contributed by atoms with Crippen molar-refractivity contribution in [3.8, 4) is 0 Å². The summed E-state index contributed by atoms with van der Waals surface area (Å²) in [7, 11) is 3.22. The molecule has 1 saturated heterocycles. The van der Waals surface area contributed by atoms with Gasteiger partial charge in [-0.2, -0.15) is 0 Å². The molecule has 0 aromatic rings. The molecule has 1 saturated carbocycles. The molecule has 2 atom stereocenters. The van der Waals surface area contributed by atoms with Crippen LogP contribution < -0.4 is 5.73 Å². The quantitative estimate of drug-likeness (QED) is 0.332. The number of hydrogen-bond acceptors (Lipinski definition) is 5. The fourth-order valence-electron chi connectivity index (χ4n) is 3.32. The Hall–Kier alpha value is -1.34. The van der Waals surface area contributed by atoms with Crippen LogP contribution in [-0.2, 0) is 14.3 Å². The van der Waals surface area contributed by atoms with Crippen molar-refractivity contribution >= 4 is 11.7 Å². The van der Waals surface area contributed by atoms with Crippen LogP contribution in [-0.4, -0.2) is 61.4 Å². The zero-order valence-electron chi connectivity index (χ0n) is 12.0. The number of rotatable bonds is 4. The molecule has 0 bridgehead atoms. The lowest BCUT2D eigenvalue weighted by molar-refractivity contribution is -0.137. The van der Waals surface area contributed by atoms with Crippen LogP contribution in [0.4, 0.5) is 0 Å². The number of hydrogen-bond donors (Lipinski definition) is 2. The highest BCUT2D eigenvalue weighted by molar-refractivity contribution is 6.07. The van der Waals surface area contributed by atoms with Gasteiger partial charge in [-0.1, -0.05) is 18.0 Å². The monoisotopic (exact) mass is 285 g/mol. The van der Waals surface area contributed by atoms with E-state index in [9.17, 15) is 4.79 Å². The van der Waals surface area contributed by atoms with Gasteiger partial charge in [-0.05, 0) is 12.8 Å². The maximum Gasteiger partial charge on any atom is 0.236 e. The summed E-state index contributed by atoms with van der Waals surface area (Å²) in [6.07, 6.45) is 2.83. The van der Waals surface area contributed by atoms with Gasteiger partial charge in [0.2, 0.25) is 5.91 Å². The van der Waals surface area contributed by atoms with Crippen LogP contribution in [0.5, 0.6) is 0 Å². The molecule has 114 valence electrons. The average Bonchev–Trinajstić information content (AvgIpc) is 3.12. The lowest BCUT2D eigenvalue weighted by Gasteiger charge is -2.31. The van der Waals surface area contributed by atoms with E-state index in [1.165, 1.54) is 0 Å². The van der Waals surface area contributed by atoms with Gasteiger partial charge in [0.25, 0.3) is 0 Å². The third-order valence-electron chi connectivity index (χ3n) is 4.57. The topological polar surface area (TPSA) is 97.4 Å². The Morgan fingerprint density at radius 2 is 1.75 bits per heavy atom. The Morgan fingerprint density at radius 3 is 2.15 bits per heavy atom. The Balaban J connectivity index is 2.18. The number of nitrogens with two attached hydrogens (primary N) is 1. The van der Waals surface area contributed by atoms with Crippen molar-refractivity contribution in [2.75, 3.05) is 27.3 Å². The summed E-state index contributed by atoms with van der Waals surface area (Å²) in [5.74, 6) is -0.0540. The molecule has 2 fully saturated rings. The van der Waals surface area contributed by atoms with Crippen molar-refractivity contribution < 1.29 is 19.5 Å². The molecule has 0 aromatic carbocycles. The molecule has 0 spiro atoms. The van der Waals surface area contributed by atoms with Crippen molar-refractivity contribution in [1.29, 1.82) is 0 Å². The third kappa shape index (κ3) is 2.35. The Kier molecular flexibility index (Phi) is 4.49. The molecule has 0 radical (unpaired) electrons. The third-order valence-corrected chi connectivity index (χ3v) is 4.57. The zero-order chi connectivity index (χ0) is 14.8. The molecule has 20 heavy (non-hydrogen) atoms. The van der Waals surface area contributed by atoms with Gasteiger partial charge >= 0.3 is 0 Å². The maximum absolute atomic E-state index is 12.8. The van der Waals surface area contributed by atoms with E-state index in [2.05, 4.69) is 5.16 Å². The van der Waals surface area contributed by atoms with E-state index in [1.807, 2.05) is 0 Å². The number of amides is 1. The number of likely N-dealkylation sites (tertiary alicyclic amines) is 1. The first-order valence-corrected chi connectivity index (χ1v) is 6.92. The van der Waals surface area contributed by atoms with E-state index < -0.39 is 5.41 Å². The van der Waals surface area contributed by atoms with E-state index in [4.69, 9.17) is 20.4 Å². The van der Waals surface area contributed by atoms with Crippen molar-refractivity contribution in [2.45, 2.75) is 37.9 Å². The highest BCUT2D eigenvalue weighted by Gasteiger charge is 2.50. The van der Waals surface area contributed by atoms with Crippen LogP contribution in [0.2, 0.25) is 0 Å². The number of nitrogens with zero attached hydrogens (tertiary/aromatic N) is 2. The minimum Gasteiger partial charge on any atom is -0.409 e. The molecule has 1 heterocycles. The van der Waals surface area contributed by atoms with Gasteiger partial charge in [-0.25, -0.2) is 0 Å². The summed E-state index contributed by atoms with van der Waals surface area (Å²) in [6, 6.07) is 0. The molecule has 2 rings (SSSR count). The van der Waals surface area contributed by atoms with E-state index >= 15 is 0 Å². The predicted octanol–water partition coefficient (Wildman–Crippen LogP) is 0.165. The second-order valence-electron chi connectivity index (χ2n) is 5.53. The molecular formula is C13H23N3O4. The lowest BCUT2D eigenvalue weighted by Crippen LogP contribution is -2.49. The van der Waals surface area contributed by atoms with Crippen LogP contribution in [0, 0.1) is 5.41 Å². The second-order valence-corrected chi connectivity index (χ2v) is 5.53. The zero-order valence-corrected chi connectivity index (χ0v) is 12.0. The Morgan fingerprint density at radius 1 is 1.25 bits per heavy atom. The molecule has 7 nitrogen and oxygen atoms in total. The lowest BCUT2D eigenvalue weighted by atomic mass is 9.83. The molecule has 3 N–H and O–H groups in total. The summed E-state index contributed by atoms with van der Waals surface area (Å²) in [5, 5.41) is 12.1. The summed E-state index contributed by atoms with van der Waals surface area (Å²) in [6.45, 7) is 0.961. The predicted molar refractivity (Wildman–Crippen MR) is 72.5 cm³/mol. The van der Waals surface area contributed by atoms with Crippen molar-refractivity contribution in [2.24, 2.45) is 16.3 Å². The SMILES string of the molecule is COC1CN(C(=O)C2(C(N)=NO)CCCC2)CC1OC. The van der Waals surface area contributed by atoms with Crippen LogP contribution in [0.25, 0.3) is 0 Å². The first kappa shape index (κ1) is 15.1. The van der Waals surface area contributed by atoms with Gasteiger partial charge in [0.1, 0.15) is 17.6 Å². The number of ether oxygens (including phenoxy) is 2. The smallest absolute Gasteiger partial charge is 0.236 e. The van der Waals surface area contributed by atoms with Gasteiger partial charge in [-0.15, -0.1) is 0 Å². The van der Waals surface area contributed by atoms with Crippen LogP contribution in [0.15, 0.2) is 5.16 Å². The fraction of sp³-hybridized carbons (Fsp3) is 0.846. The van der Waals surface area contributed by atoms with E-state index in [-0.39, 0.29) is 24.0 Å². The summed E-state index contributed by atoms with van der Waals surface area (Å²) in [5.41, 5.74) is 4.95. The molecule has 1 amide bonds. The second kappa shape index (κ2) is 5.97. The van der Waals surface area contributed by atoms with Crippen LogP contribution in [0.1, 0.15) is 25.7 Å². The van der Waals surface area contributed by atoms with Gasteiger partial charge < -0.3 is 25.3 Å². The van der Waals surface area contributed by atoms with Gasteiger partial charge in [0.05, 0.1) is 0 Å². The summed E-state index contributed by atoms with van der Waals surface area (Å²) >= 11 is 0. The van der Waals surface area contributed by atoms with Crippen molar-refractivity contribution in [3.63, 3.8) is 0 Å². The number of carbonyl (C=O) groups excluding carboxylic acids is 1. The molecule has 7 heteroatoms. The van der Waals surface area contributed by atoms with Crippen LogP contribution >= 0.6 is 0 Å². The first-order chi connectivity index (χ1) is 9.58. The molecule has 0 aromatic heterocycles. The molecule has 1 aliphatic heterocycles. The molecule has 2 aliphatic rings. The first-order valence-electron chi connectivity index (χ1n) is 6.92. The van der Waals surface area contributed by atoms with Crippen LogP contribution in [0.3, 0.4) is 0 Å². The summed E-state index contributed by atoms with van der Waals surface area (Å²) < 4.78 is 10.7. The number of amidine groups is 1. The van der Waals surface area contributed by atoms with Crippen molar-refractivity contribution in [1.82, 2.24) is 4.90 Å². The maximum atomic E-state index is 12.8. The Labute approximate surface area is 118 Å². The van der Waals surface area contributed by atoms with Gasteiger partial charge in [-0.3, -0.25) is 4.79 Å². The fourth-order valence-corrected chi connectivity index (χ4v) is 3.32. The molecular weight excluding hydrogens is 262 g/mol. The normalized spacial score (nSPS) is 29.9. The highest BCUT2D eigenvalue weighted by Crippen LogP contribution is 2.40. The van der Waals surface area contributed by atoms with Gasteiger partial charge in [0, 0.05) is 27.3 Å². The molecule has 1 aliphatic carbocycles. The standard InChI is InChI=1S/C13H23N3O4/c1-19-9-7-16(8-10(9)20-2)12(17)13(11(14)15-18)5-3-4-6-13/h9-10,18H,3-8H2,1-2H3,(H2,14,15). The minimum absolute atomic E-state index is 0.0230. The molecule has 2 unspecified atom stereocenters. The van der Waals surface area contributed by atoms with Crippen molar-refractivity contribution in [3.05, 3.63) is 0 Å². The highest BCUT2D eigenvalue weighted by atomic mass is 16.5. The number of oxime groups is 1. The average molecular weight is 285 g/mol. The van der Waals surface area contributed by atoms with E-state index in [0.717, 1.165) is 12.8 Å². The minimum atomic E-state index is -0.852. The van der Waals surface area contributed by atoms with Gasteiger partial charge in [0.15, 0.2) is 5.84 Å². The van der Waals surface area contributed by atoms with E-state index in [1.54, 1.807) is 19.1 Å². The Bertz CT molecular complexity index is 381.